The van der Waals surface area contributed by atoms with Gasteiger partial charge in [0.1, 0.15) is 18.1 Å². The first-order valence-electron chi connectivity index (χ1n) is 8.24. The van der Waals surface area contributed by atoms with Gasteiger partial charge >= 0.3 is 0 Å². The lowest BCUT2D eigenvalue weighted by atomic mass is 10.1. The van der Waals surface area contributed by atoms with E-state index in [1.165, 1.54) is 30.3 Å². The fraction of sp³-hybridized carbons (Fsp3) is 0.250. The Morgan fingerprint density at radius 1 is 1.04 bits per heavy atom. The fourth-order valence-electron chi connectivity index (χ4n) is 2.44. The molecule has 0 saturated carbocycles. The topological polar surface area (TPSA) is 48.1 Å². The monoisotopic (exact) mass is 396 g/mol. The minimum atomic E-state index is -1.70. The van der Waals surface area contributed by atoms with Crippen LogP contribution < -0.4 is 4.74 Å². The first-order valence-corrected chi connectivity index (χ1v) is 8.24. The van der Waals surface area contributed by atoms with Gasteiger partial charge in [-0.1, -0.05) is 6.08 Å². The SMILES string of the molecule is C=CC(C)(C)OC1OC1c1c(F)c(F)c(Oc2ccc(C=O)cc2)c(F)c1F. The van der Waals surface area contributed by atoms with Crippen molar-refractivity contribution in [3.8, 4) is 11.5 Å². The number of carbonyl (C=O) groups excluding carboxylic acids is 1. The van der Waals surface area contributed by atoms with Gasteiger partial charge in [-0.05, 0) is 38.1 Å². The molecule has 1 heterocycles. The number of hydrogen-bond donors (Lipinski definition) is 0. The molecule has 0 amide bonds. The van der Waals surface area contributed by atoms with Crippen molar-refractivity contribution < 1.29 is 36.6 Å². The maximum absolute atomic E-state index is 14.4. The number of rotatable bonds is 7. The zero-order valence-electron chi connectivity index (χ0n) is 15.0. The number of hydrogen-bond acceptors (Lipinski definition) is 4. The lowest BCUT2D eigenvalue weighted by Crippen LogP contribution is -2.23. The van der Waals surface area contributed by atoms with Crippen LogP contribution in [0.5, 0.6) is 11.5 Å². The standard InChI is InChI=1S/C20H16F4O4/c1-4-20(2,3)28-19-17(27-19)12-13(21)15(23)18(16(24)14(12)22)26-11-7-5-10(9-25)6-8-11/h4-9,17,19H,1H2,2-3H3. The van der Waals surface area contributed by atoms with Gasteiger partial charge in [-0.25, -0.2) is 8.78 Å². The number of aldehydes is 1. The lowest BCUT2D eigenvalue weighted by molar-refractivity contribution is -0.0388. The number of epoxide rings is 1. The van der Waals surface area contributed by atoms with Crippen LogP contribution in [0.2, 0.25) is 0 Å². The predicted molar refractivity (Wildman–Crippen MR) is 91.2 cm³/mol. The molecule has 1 fully saturated rings. The van der Waals surface area contributed by atoms with Crippen LogP contribution in [0.4, 0.5) is 17.6 Å². The fourth-order valence-corrected chi connectivity index (χ4v) is 2.44. The van der Waals surface area contributed by atoms with Crippen molar-refractivity contribution in [1.29, 1.82) is 0 Å². The molecule has 0 radical (unpaired) electrons. The van der Waals surface area contributed by atoms with Crippen LogP contribution in [-0.2, 0) is 9.47 Å². The summed E-state index contributed by atoms with van der Waals surface area (Å²) in [5.74, 6) is -8.01. The number of ether oxygens (including phenoxy) is 3. The molecule has 3 rings (SSSR count). The van der Waals surface area contributed by atoms with Gasteiger partial charge in [-0.3, -0.25) is 4.79 Å². The Labute approximate surface area is 158 Å². The van der Waals surface area contributed by atoms with Gasteiger partial charge in [-0.2, -0.15) is 8.78 Å². The summed E-state index contributed by atoms with van der Waals surface area (Å²) in [5.41, 5.74) is -1.48. The molecular formula is C20H16F4O4. The summed E-state index contributed by atoms with van der Waals surface area (Å²) < 4.78 is 73.0. The number of halogens is 4. The van der Waals surface area contributed by atoms with E-state index in [2.05, 4.69) is 6.58 Å². The summed E-state index contributed by atoms with van der Waals surface area (Å²) in [6, 6.07) is 5.11. The molecule has 8 heteroatoms. The average Bonchev–Trinajstić information content (AvgIpc) is 3.42. The summed E-state index contributed by atoms with van der Waals surface area (Å²) in [6.45, 7) is 6.83. The minimum Gasteiger partial charge on any atom is -0.451 e. The highest BCUT2D eigenvalue weighted by Crippen LogP contribution is 2.46. The quantitative estimate of drug-likeness (QED) is 0.212. The molecule has 0 aliphatic carbocycles. The Morgan fingerprint density at radius 3 is 2.11 bits per heavy atom. The maximum Gasteiger partial charge on any atom is 0.204 e. The maximum atomic E-state index is 14.4. The summed E-state index contributed by atoms with van der Waals surface area (Å²) in [7, 11) is 0. The minimum absolute atomic E-state index is 0.105. The van der Waals surface area contributed by atoms with E-state index in [9.17, 15) is 22.4 Å². The van der Waals surface area contributed by atoms with Crippen LogP contribution in [0.25, 0.3) is 0 Å². The zero-order chi connectivity index (χ0) is 20.6. The van der Waals surface area contributed by atoms with Crippen LogP contribution in [0.1, 0.15) is 35.9 Å². The second kappa shape index (κ2) is 7.37. The summed E-state index contributed by atoms with van der Waals surface area (Å²) >= 11 is 0. The molecule has 4 nitrogen and oxygen atoms in total. The van der Waals surface area contributed by atoms with E-state index < -0.39 is 52.6 Å². The summed E-state index contributed by atoms with van der Waals surface area (Å²) in [4.78, 5) is 10.6. The Bertz CT molecular complexity index is 896. The Balaban J connectivity index is 1.90. The molecule has 1 saturated heterocycles. The highest BCUT2D eigenvalue weighted by Gasteiger charge is 2.49. The van der Waals surface area contributed by atoms with E-state index in [1.807, 2.05) is 0 Å². The van der Waals surface area contributed by atoms with Gasteiger partial charge < -0.3 is 14.2 Å². The van der Waals surface area contributed by atoms with Crippen molar-refractivity contribution in [2.75, 3.05) is 0 Å². The second-order valence-electron chi connectivity index (χ2n) is 6.64. The number of carbonyl (C=O) groups is 1. The molecule has 1 aliphatic heterocycles. The Hall–Kier alpha value is -2.71. The van der Waals surface area contributed by atoms with Gasteiger partial charge in [-0.15, -0.1) is 6.58 Å². The van der Waals surface area contributed by atoms with E-state index in [0.717, 1.165) is 0 Å². The molecule has 148 valence electrons. The molecule has 0 aromatic heterocycles. The highest BCUT2D eigenvalue weighted by molar-refractivity contribution is 5.74. The van der Waals surface area contributed by atoms with E-state index in [4.69, 9.17) is 14.2 Å². The van der Waals surface area contributed by atoms with Gasteiger partial charge in [0, 0.05) is 5.56 Å². The van der Waals surface area contributed by atoms with Crippen LogP contribution in [0, 0.1) is 23.3 Å². The molecule has 1 aliphatic rings. The van der Waals surface area contributed by atoms with Crippen molar-refractivity contribution in [2.45, 2.75) is 31.8 Å². The molecule has 0 bridgehead atoms. The second-order valence-corrected chi connectivity index (χ2v) is 6.64. The van der Waals surface area contributed by atoms with Crippen LogP contribution >= 0.6 is 0 Å². The summed E-state index contributed by atoms with van der Waals surface area (Å²) in [6.07, 6.45) is -0.365. The predicted octanol–water partition coefficient (Wildman–Crippen LogP) is 5.23. The molecular weight excluding hydrogens is 380 g/mol. The van der Waals surface area contributed by atoms with Gasteiger partial charge in [0.05, 0.1) is 11.2 Å². The van der Waals surface area contributed by atoms with E-state index in [-0.39, 0.29) is 5.75 Å². The van der Waals surface area contributed by atoms with Crippen LogP contribution in [-0.4, -0.2) is 18.2 Å². The van der Waals surface area contributed by atoms with Gasteiger partial charge in [0.25, 0.3) is 0 Å². The first-order chi connectivity index (χ1) is 13.2. The van der Waals surface area contributed by atoms with Crippen molar-refractivity contribution >= 4 is 6.29 Å². The number of benzene rings is 2. The third kappa shape index (κ3) is 3.79. The van der Waals surface area contributed by atoms with Crippen LogP contribution in [0.15, 0.2) is 36.9 Å². The molecule has 2 aromatic rings. The molecule has 2 atom stereocenters. The highest BCUT2D eigenvalue weighted by atomic mass is 19.2. The molecule has 28 heavy (non-hydrogen) atoms. The van der Waals surface area contributed by atoms with Crippen molar-refractivity contribution in [1.82, 2.24) is 0 Å². The van der Waals surface area contributed by atoms with Gasteiger partial charge in [0.15, 0.2) is 17.9 Å². The molecule has 0 N–H and O–H groups in total. The van der Waals surface area contributed by atoms with Crippen molar-refractivity contribution in [2.24, 2.45) is 0 Å². The van der Waals surface area contributed by atoms with Crippen molar-refractivity contribution in [3.63, 3.8) is 0 Å². The third-order valence-corrected chi connectivity index (χ3v) is 4.14. The van der Waals surface area contributed by atoms with E-state index in [1.54, 1.807) is 13.8 Å². The smallest absolute Gasteiger partial charge is 0.204 e. The first kappa shape index (κ1) is 20.0. The van der Waals surface area contributed by atoms with E-state index in [0.29, 0.717) is 11.8 Å². The van der Waals surface area contributed by atoms with Gasteiger partial charge in [0.2, 0.25) is 17.4 Å². The largest absolute Gasteiger partial charge is 0.451 e. The zero-order valence-corrected chi connectivity index (χ0v) is 15.0. The van der Waals surface area contributed by atoms with Crippen molar-refractivity contribution in [3.05, 3.63) is 71.3 Å². The molecule has 2 aromatic carbocycles. The Morgan fingerprint density at radius 2 is 1.61 bits per heavy atom. The summed E-state index contributed by atoms with van der Waals surface area (Å²) in [5, 5.41) is 0. The lowest BCUT2D eigenvalue weighted by Gasteiger charge is -2.19. The third-order valence-electron chi connectivity index (χ3n) is 4.14. The average molecular weight is 396 g/mol. The van der Waals surface area contributed by atoms with E-state index >= 15 is 0 Å². The van der Waals surface area contributed by atoms with Crippen LogP contribution in [0.3, 0.4) is 0 Å². The normalized spacial score (nSPS) is 18.6. The molecule has 0 spiro atoms. The Kier molecular flexibility index (Phi) is 5.27. The molecule has 2 unspecified atom stereocenters.